The zero-order chi connectivity index (χ0) is 14.7. The fraction of sp³-hybridized carbons (Fsp3) is 0. The van der Waals surface area contributed by atoms with Crippen LogP contribution in [0.2, 0.25) is 0 Å². The van der Waals surface area contributed by atoms with Crippen molar-refractivity contribution in [1.82, 2.24) is 9.78 Å². The minimum atomic E-state index is 0.756. The van der Waals surface area contributed by atoms with Gasteiger partial charge in [0.05, 0.1) is 11.9 Å². The Labute approximate surface area is 130 Å². The zero-order valence-electron chi connectivity index (χ0n) is 11.0. The summed E-state index contributed by atoms with van der Waals surface area (Å²) in [5, 5.41) is 16.6. The van der Waals surface area contributed by atoms with Crippen LogP contribution < -0.4 is 0 Å². The van der Waals surface area contributed by atoms with Crippen molar-refractivity contribution in [3.63, 3.8) is 0 Å². The maximum Gasteiger partial charge on any atom is 0.102 e. The highest BCUT2D eigenvalue weighted by atomic mass is 79.9. The van der Waals surface area contributed by atoms with Gasteiger partial charge in [-0.3, -0.25) is 0 Å². The molecule has 0 radical (unpaired) electrons. The van der Waals surface area contributed by atoms with Crippen LogP contribution in [0.1, 0.15) is 5.56 Å². The van der Waals surface area contributed by atoms with Crippen molar-refractivity contribution < 1.29 is 5.21 Å². The smallest absolute Gasteiger partial charge is 0.102 e. The second-order valence-corrected chi connectivity index (χ2v) is 5.38. The lowest BCUT2D eigenvalue weighted by molar-refractivity contribution is 0.322. The van der Waals surface area contributed by atoms with E-state index in [1.807, 2.05) is 60.8 Å². The molecular formula is C16H12BrN3O. The Morgan fingerprint density at radius 1 is 1.05 bits per heavy atom. The van der Waals surface area contributed by atoms with Crippen LogP contribution in [-0.2, 0) is 0 Å². The molecule has 5 heteroatoms. The Balaban J connectivity index is 2.10. The minimum Gasteiger partial charge on any atom is -0.411 e. The topological polar surface area (TPSA) is 50.4 Å². The zero-order valence-corrected chi connectivity index (χ0v) is 12.6. The van der Waals surface area contributed by atoms with Crippen LogP contribution >= 0.6 is 15.9 Å². The summed E-state index contributed by atoms with van der Waals surface area (Å²) in [4.78, 5) is 0. The van der Waals surface area contributed by atoms with Gasteiger partial charge in [-0.1, -0.05) is 51.4 Å². The highest BCUT2D eigenvalue weighted by Crippen LogP contribution is 2.23. The van der Waals surface area contributed by atoms with Gasteiger partial charge in [0.25, 0.3) is 0 Å². The molecule has 0 spiro atoms. The molecule has 4 nitrogen and oxygen atoms in total. The van der Waals surface area contributed by atoms with E-state index in [4.69, 9.17) is 5.21 Å². The Hall–Kier alpha value is -2.40. The van der Waals surface area contributed by atoms with Gasteiger partial charge in [-0.15, -0.1) is 0 Å². The first-order valence-electron chi connectivity index (χ1n) is 6.36. The summed E-state index contributed by atoms with van der Waals surface area (Å²) in [5.74, 6) is 0. The predicted octanol–water partition coefficient (Wildman–Crippen LogP) is 4.11. The first kappa shape index (κ1) is 13.6. The van der Waals surface area contributed by atoms with Gasteiger partial charge in [-0.25, -0.2) is 4.68 Å². The standard InChI is InChI=1S/C16H12BrN3O/c17-14-6-8-15(9-7-14)20-11-13(10-18-21)16(19-20)12-4-2-1-3-5-12/h1-11,21H/b18-10+. The number of rotatable bonds is 3. The molecule has 1 N–H and O–H groups in total. The van der Waals surface area contributed by atoms with Crippen molar-refractivity contribution >= 4 is 22.1 Å². The first-order chi connectivity index (χ1) is 10.3. The van der Waals surface area contributed by atoms with Gasteiger partial charge in [0.2, 0.25) is 0 Å². The molecule has 1 heterocycles. The molecule has 3 rings (SSSR count). The van der Waals surface area contributed by atoms with Gasteiger partial charge in [-0.2, -0.15) is 5.10 Å². The van der Waals surface area contributed by atoms with E-state index in [1.54, 1.807) is 4.68 Å². The number of halogens is 1. The third-order valence-electron chi connectivity index (χ3n) is 3.08. The molecule has 3 aromatic rings. The summed E-state index contributed by atoms with van der Waals surface area (Å²) in [6.07, 6.45) is 3.23. The van der Waals surface area contributed by atoms with Gasteiger partial charge in [0.1, 0.15) is 5.69 Å². The fourth-order valence-corrected chi connectivity index (χ4v) is 2.35. The first-order valence-corrected chi connectivity index (χ1v) is 7.15. The molecule has 0 amide bonds. The number of benzene rings is 2. The lowest BCUT2D eigenvalue weighted by Gasteiger charge is -2.01. The molecular weight excluding hydrogens is 330 g/mol. The van der Waals surface area contributed by atoms with E-state index in [9.17, 15) is 0 Å². The molecule has 0 aliphatic rings. The number of hydrogen-bond donors (Lipinski definition) is 1. The summed E-state index contributed by atoms with van der Waals surface area (Å²) < 4.78 is 2.78. The van der Waals surface area contributed by atoms with Gasteiger partial charge >= 0.3 is 0 Å². The third kappa shape index (κ3) is 2.87. The summed E-state index contributed by atoms with van der Waals surface area (Å²) in [5.41, 5.74) is 3.44. The number of aromatic nitrogens is 2. The van der Waals surface area contributed by atoms with Crippen LogP contribution in [-0.4, -0.2) is 21.2 Å². The normalized spacial score (nSPS) is 11.1. The summed E-state index contributed by atoms with van der Waals surface area (Å²) in [6.45, 7) is 0. The van der Waals surface area contributed by atoms with Crippen molar-refractivity contribution in [2.75, 3.05) is 0 Å². The molecule has 0 fully saturated rings. The SMILES string of the molecule is O/N=C/c1cn(-c2ccc(Br)cc2)nc1-c1ccccc1. The van der Waals surface area contributed by atoms with Crippen molar-refractivity contribution in [1.29, 1.82) is 0 Å². The summed E-state index contributed by atoms with van der Waals surface area (Å²) in [7, 11) is 0. The quantitative estimate of drug-likeness (QED) is 0.442. The third-order valence-corrected chi connectivity index (χ3v) is 3.61. The number of hydrogen-bond acceptors (Lipinski definition) is 3. The summed E-state index contributed by atoms with van der Waals surface area (Å²) >= 11 is 3.42. The van der Waals surface area contributed by atoms with Crippen LogP contribution in [0.4, 0.5) is 0 Å². The maximum atomic E-state index is 8.83. The van der Waals surface area contributed by atoms with Crippen LogP contribution in [0.25, 0.3) is 16.9 Å². The van der Waals surface area contributed by atoms with Crippen LogP contribution in [0.5, 0.6) is 0 Å². The van der Waals surface area contributed by atoms with Crippen molar-refractivity contribution in [2.45, 2.75) is 0 Å². The van der Waals surface area contributed by atoms with Gasteiger partial charge in [0, 0.05) is 21.8 Å². The van der Waals surface area contributed by atoms with E-state index in [-0.39, 0.29) is 0 Å². The Morgan fingerprint density at radius 2 is 1.76 bits per heavy atom. The Bertz CT molecular complexity index is 764. The minimum absolute atomic E-state index is 0.756. The van der Waals surface area contributed by atoms with E-state index in [0.717, 1.165) is 27.0 Å². The maximum absolute atomic E-state index is 8.83. The van der Waals surface area contributed by atoms with Gasteiger partial charge in [0.15, 0.2) is 0 Å². The molecule has 104 valence electrons. The average molecular weight is 342 g/mol. The van der Waals surface area contributed by atoms with E-state index >= 15 is 0 Å². The monoisotopic (exact) mass is 341 g/mol. The largest absolute Gasteiger partial charge is 0.411 e. The molecule has 0 aliphatic heterocycles. The van der Waals surface area contributed by atoms with E-state index in [0.29, 0.717) is 0 Å². The van der Waals surface area contributed by atoms with Crippen molar-refractivity contribution in [3.8, 4) is 16.9 Å². The van der Waals surface area contributed by atoms with Crippen LogP contribution in [0.15, 0.2) is 70.4 Å². The fourth-order valence-electron chi connectivity index (χ4n) is 2.09. The van der Waals surface area contributed by atoms with E-state index < -0.39 is 0 Å². The molecule has 0 saturated heterocycles. The molecule has 0 bridgehead atoms. The number of nitrogens with zero attached hydrogens (tertiary/aromatic N) is 3. The van der Waals surface area contributed by atoms with Crippen LogP contribution in [0, 0.1) is 0 Å². The lowest BCUT2D eigenvalue weighted by atomic mass is 10.1. The van der Waals surface area contributed by atoms with Gasteiger partial charge in [-0.05, 0) is 24.3 Å². The average Bonchev–Trinajstić information content (AvgIpc) is 2.93. The molecule has 0 atom stereocenters. The van der Waals surface area contributed by atoms with Crippen molar-refractivity contribution in [2.24, 2.45) is 5.16 Å². The molecule has 0 unspecified atom stereocenters. The van der Waals surface area contributed by atoms with E-state index in [2.05, 4.69) is 26.2 Å². The Kier molecular flexibility index (Phi) is 3.83. The van der Waals surface area contributed by atoms with Gasteiger partial charge < -0.3 is 5.21 Å². The highest BCUT2D eigenvalue weighted by Gasteiger charge is 2.10. The van der Waals surface area contributed by atoms with Crippen LogP contribution in [0.3, 0.4) is 0 Å². The summed E-state index contributed by atoms with van der Waals surface area (Å²) in [6, 6.07) is 17.7. The van der Waals surface area contributed by atoms with Crippen molar-refractivity contribution in [3.05, 3.63) is 70.8 Å². The lowest BCUT2D eigenvalue weighted by Crippen LogP contribution is -1.94. The second-order valence-electron chi connectivity index (χ2n) is 4.46. The molecule has 2 aromatic carbocycles. The molecule has 0 saturated carbocycles. The van der Waals surface area contributed by atoms with E-state index in [1.165, 1.54) is 6.21 Å². The highest BCUT2D eigenvalue weighted by molar-refractivity contribution is 9.10. The Morgan fingerprint density at radius 3 is 2.43 bits per heavy atom. The predicted molar refractivity (Wildman–Crippen MR) is 86.1 cm³/mol. The number of oxime groups is 1. The second kappa shape index (κ2) is 5.93. The molecule has 1 aromatic heterocycles. The molecule has 0 aliphatic carbocycles. The molecule has 21 heavy (non-hydrogen) atoms.